The summed E-state index contributed by atoms with van der Waals surface area (Å²) in [7, 11) is 0. The molecule has 0 aliphatic carbocycles. The molecule has 2 aliphatic heterocycles. The number of aromatic nitrogens is 1. The van der Waals surface area contributed by atoms with Crippen LogP contribution in [-0.4, -0.2) is 61.7 Å². The number of hydrogen-bond acceptors (Lipinski definition) is 6. The van der Waals surface area contributed by atoms with Gasteiger partial charge in [0.15, 0.2) is 11.5 Å². The monoisotopic (exact) mass is 368 g/mol. The lowest BCUT2D eigenvalue weighted by molar-refractivity contribution is 0.102. The molecule has 27 heavy (non-hydrogen) atoms. The van der Waals surface area contributed by atoms with Crippen molar-refractivity contribution < 1.29 is 14.3 Å². The Kier molecular flexibility index (Phi) is 5.11. The Morgan fingerprint density at radius 1 is 1.07 bits per heavy atom. The quantitative estimate of drug-likeness (QED) is 0.893. The first-order valence-electron chi connectivity index (χ1n) is 9.36. The number of rotatable bonds is 4. The van der Waals surface area contributed by atoms with E-state index in [2.05, 4.69) is 27.0 Å². The highest BCUT2D eigenvalue weighted by atomic mass is 16.6. The maximum absolute atomic E-state index is 12.7. The second kappa shape index (κ2) is 7.84. The summed E-state index contributed by atoms with van der Waals surface area (Å²) < 4.78 is 11.1. The fourth-order valence-electron chi connectivity index (χ4n) is 3.37. The number of carbonyl (C=O) groups is 1. The number of amides is 1. The zero-order valence-electron chi connectivity index (χ0n) is 15.5. The second-order valence-electron chi connectivity index (χ2n) is 6.67. The second-order valence-corrected chi connectivity index (χ2v) is 6.67. The average Bonchev–Trinajstić information content (AvgIpc) is 2.74. The van der Waals surface area contributed by atoms with Crippen molar-refractivity contribution in [2.45, 2.75) is 6.92 Å². The zero-order valence-corrected chi connectivity index (χ0v) is 15.5. The van der Waals surface area contributed by atoms with Gasteiger partial charge in [0.2, 0.25) is 0 Å². The minimum Gasteiger partial charge on any atom is -0.486 e. The molecular formula is C20H24N4O3. The Hall–Kier alpha value is -2.80. The molecule has 1 aromatic carbocycles. The van der Waals surface area contributed by atoms with Crippen molar-refractivity contribution in [2.24, 2.45) is 0 Å². The van der Waals surface area contributed by atoms with Gasteiger partial charge in [-0.2, -0.15) is 0 Å². The number of ether oxygens (including phenoxy) is 2. The summed E-state index contributed by atoms with van der Waals surface area (Å²) in [5.74, 6) is 1.17. The van der Waals surface area contributed by atoms with Crippen LogP contribution >= 0.6 is 0 Å². The van der Waals surface area contributed by atoms with Crippen LogP contribution < -0.4 is 19.7 Å². The Labute approximate surface area is 158 Å². The Morgan fingerprint density at radius 2 is 1.85 bits per heavy atom. The van der Waals surface area contributed by atoms with Gasteiger partial charge in [-0.3, -0.25) is 9.78 Å². The summed E-state index contributed by atoms with van der Waals surface area (Å²) in [5.41, 5.74) is 2.20. The molecule has 7 nitrogen and oxygen atoms in total. The van der Waals surface area contributed by atoms with Crippen molar-refractivity contribution in [3.63, 3.8) is 0 Å². The van der Waals surface area contributed by atoms with Gasteiger partial charge in [-0.25, -0.2) is 0 Å². The predicted octanol–water partition coefficient (Wildman–Crippen LogP) is 2.25. The molecule has 0 unspecified atom stereocenters. The molecule has 0 saturated carbocycles. The molecule has 1 amide bonds. The van der Waals surface area contributed by atoms with Crippen LogP contribution in [0.5, 0.6) is 11.5 Å². The minimum absolute atomic E-state index is 0.187. The highest BCUT2D eigenvalue weighted by Crippen LogP contribution is 2.32. The molecule has 2 aliphatic rings. The lowest BCUT2D eigenvalue weighted by atomic mass is 10.2. The van der Waals surface area contributed by atoms with E-state index in [1.165, 1.54) is 0 Å². The van der Waals surface area contributed by atoms with Gasteiger partial charge in [-0.15, -0.1) is 0 Å². The van der Waals surface area contributed by atoms with Gasteiger partial charge in [0.1, 0.15) is 13.2 Å². The first kappa shape index (κ1) is 17.6. The highest BCUT2D eigenvalue weighted by molar-refractivity contribution is 6.04. The third kappa shape index (κ3) is 3.98. The summed E-state index contributed by atoms with van der Waals surface area (Å²) in [6.45, 7) is 8.27. The van der Waals surface area contributed by atoms with E-state index in [9.17, 15) is 4.79 Å². The fourth-order valence-corrected chi connectivity index (χ4v) is 3.37. The Morgan fingerprint density at radius 3 is 2.63 bits per heavy atom. The molecule has 1 N–H and O–H groups in total. The largest absolute Gasteiger partial charge is 0.486 e. The van der Waals surface area contributed by atoms with E-state index in [1.54, 1.807) is 12.3 Å². The number of nitrogens with zero attached hydrogens (tertiary/aromatic N) is 3. The van der Waals surface area contributed by atoms with Gasteiger partial charge in [-0.1, -0.05) is 6.92 Å². The molecule has 1 fully saturated rings. The number of fused-ring (bicyclic) bond motifs is 1. The summed E-state index contributed by atoms with van der Waals surface area (Å²) in [4.78, 5) is 21.6. The van der Waals surface area contributed by atoms with Crippen LogP contribution in [0.3, 0.4) is 0 Å². The number of benzene rings is 1. The van der Waals surface area contributed by atoms with Gasteiger partial charge in [0.25, 0.3) is 5.91 Å². The molecule has 142 valence electrons. The molecule has 2 aromatic rings. The van der Waals surface area contributed by atoms with Gasteiger partial charge in [-0.05, 0) is 24.7 Å². The van der Waals surface area contributed by atoms with Crippen LogP contribution in [0.25, 0.3) is 0 Å². The summed E-state index contributed by atoms with van der Waals surface area (Å²) >= 11 is 0. The first-order chi connectivity index (χ1) is 13.2. The molecule has 0 bridgehead atoms. The van der Waals surface area contributed by atoms with Gasteiger partial charge in [0, 0.05) is 44.1 Å². The fraction of sp³-hybridized carbons (Fsp3) is 0.400. The molecular weight excluding hydrogens is 344 g/mol. The van der Waals surface area contributed by atoms with Crippen molar-refractivity contribution >= 4 is 17.3 Å². The third-order valence-electron chi connectivity index (χ3n) is 4.97. The van der Waals surface area contributed by atoms with E-state index in [-0.39, 0.29) is 5.91 Å². The van der Waals surface area contributed by atoms with E-state index < -0.39 is 0 Å². The summed E-state index contributed by atoms with van der Waals surface area (Å²) in [5, 5.41) is 2.91. The van der Waals surface area contributed by atoms with Crippen LogP contribution in [0, 0.1) is 0 Å². The number of piperazine rings is 1. The lowest BCUT2D eigenvalue weighted by Crippen LogP contribution is -2.46. The summed E-state index contributed by atoms with van der Waals surface area (Å²) in [6.07, 6.45) is 3.42. The van der Waals surface area contributed by atoms with Gasteiger partial charge >= 0.3 is 0 Å². The number of likely N-dealkylation sites (N-methyl/N-ethyl adjacent to an activating group) is 1. The van der Waals surface area contributed by atoms with E-state index in [4.69, 9.17) is 9.47 Å². The Balaban J connectivity index is 1.45. The number of hydrogen-bond donors (Lipinski definition) is 1. The van der Waals surface area contributed by atoms with E-state index in [1.807, 2.05) is 24.4 Å². The number of carbonyl (C=O) groups excluding carboxylic acids is 1. The van der Waals surface area contributed by atoms with Crippen LogP contribution in [0.2, 0.25) is 0 Å². The predicted molar refractivity (Wildman–Crippen MR) is 104 cm³/mol. The van der Waals surface area contributed by atoms with E-state index in [0.717, 1.165) is 38.4 Å². The molecule has 1 aromatic heterocycles. The van der Waals surface area contributed by atoms with Crippen molar-refractivity contribution in [2.75, 3.05) is 56.2 Å². The maximum Gasteiger partial charge on any atom is 0.257 e. The molecule has 0 radical (unpaired) electrons. The number of pyridine rings is 1. The van der Waals surface area contributed by atoms with Crippen LogP contribution in [-0.2, 0) is 0 Å². The smallest absolute Gasteiger partial charge is 0.257 e. The van der Waals surface area contributed by atoms with Crippen molar-refractivity contribution in [3.05, 3.63) is 42.2 Å². The minimum atomic E-state index is -0.187. The molecule has 1 saturated heterocycles. The Bertz CT molecular complexity index is 819. The molecule has 4 rings (SSSR count). The zero-order chi connectivity index (χ0) is 18.6. The number of nitrogens with one attached hydrogen (secondary N) is 1. The average molecular weight is 368 g/mol. The third-order valence-corrected chi connectivity index (χ3v) is 4.97. The van der Waals surface area contributed by atoms with Crippen molar-refractivity contribution in [3.8, 4) is 11.5 Å². The number of anilines is 2. The molecule has 0 atom stereocenters. The van der Waals surface area contributed by atoms with Gasteiger partial charge < -0.3 is 24.6 Å². The standard InChI is InChI=1S/C20H24N4O3/c1-2-23-5-7-24(8-6-23)17-11-15(13-21-14-17)20(25)22-16-3-4-18-19(12-16)27-10-9-26-18/h3-4,11-14H,2,5-10H2,1H3,(H,22,25). The molecule has 0 spiro atoms. The van der Waals surface area contributed by atoms with Gasteiger partial charge in [0.05, 0.1) is 17.4 Å². The normalized spacial score (nSPS) is 16.9. The topological polar surface area (TPSA) is 66.9 Å². The molecule has 7 heteroatoms. The van der Waals surface area contributed by atoms with Crippen LogP contribution in [0.4, 0.5) is 11.4 Å². The van der Waals surface area contributed by atoms with Crippen molar-refractivity contribution in [1.29, 1.82) is 0 Å². The first-order valence-corrected chi connectivity index (χ1v) is 9.36. The van der Waals surface area contributed by atoms with Crippen molar-refractivity contribution in [1.82, 2.24) is 9.88 Å². The van der Waals surface area contributed by atoms with Crippen LogP contribution in [0.15, 0.2) is 36.7 Å². The van der Waals surface area contributed by atoms with Crippen LogP contribution in [0.1, 0.15) is 17.3 Å². The maximum atomic E-state index is 12.7. The van der Waals surface area contributed by atoms with E-state index in [0.29, 0.717) is 36.0 Å². The summed E-state index contributed by atoms with van der Waals surface area (Å²) in [6, 6.07) is 7.31. The molecule has 3 heterocycles. The highest BCUT2D eigenvalue weighted by Gasteiger charge is 2.18. The van der Waals surface area contributed by atoms with E-state index >= 15 is 0 Å². The SMILES string of the molecule is CCN1CCN(c2cncc(C(=O)Nc3ccc4c(c3)OCCO4)c2)CC1. The lowest BCUT2D eigenvalue weighted by Gasteiger charge is -2.35.